The maximum Gasteiger partial charge on any atom is 0.418 e. The number of rotatable bonds is 8. The zero-order valence-electron chi connectivity index (χ0n) is 22.9. The minimum Gasteiger partial charge on any atom is -0.317 e. The molecule has 1 heterocycles. The van der Waals surface area contributed by atoms with Crippen molar-refractivity contribution in [3.8, 4) is 5.69 Å². The van der Waals surface area contributed by atoms with E-state index in [0.29, 0.717) is 22.6 Å². The number of aromatic nitrogens is 1. The van der Waals surface area contributed by atoms with Gasteiger partial charge in [0.15, 0.2) is 0 Å². The number of hydrazone groups is 1. The normalized spacial score (nSPS) is 12.1. The topological polar surface area (TPSA) is 83.8 Å². The number of para-hydroxylation sites is 1. The number of nitrogens with zero attached hydrogens (tertiary/aromatic N) is 3. The fourth-order valence-corrected chi connectivity index (χ4v) is 6.09. The first-order valence-electron chi connectivity index (χ1n) is 12.6. The minimum absolute atomic E-state index is 0.0195. The van der Waals surface area contributed by atoms with Crippen LogP contribution in [0.5, 0.6) is 0 Å². The molecule has 1 N–H and O–H groups in total. The molecule has 4 rings (SSSR count). The van der Waals surface area contributed by atoms with Crippen molar-refractivity contribution in [1.82, 2.24) is 9.99 Å². The number of anilines is 1. The molecule has 4 aromatic rings. The largest absolute Gasteiger partial charge is 0.418 e. The Morgan fingerprint density at radius 3 is 2.17 bits per heavy atom. The van der Waals surface area contributed by atoms with E-state index in [9.17, 15) is 26.4 Å². The standard InChI is InChI=1S/C30H29F3N4O3S/c1-20-14-21(2)16-25(15-20)36(41(39,40)26-10-6-5-7-11-26)19-29(38)35-34-18-24-17-22(3)37(23(24)4)28-13-9-8-12-27(28)30(31,32)33/h5-18H,19H2,1-4H3,(H,35,38)/b34-18-. The van der Waals surface area contributed by atoms with Crippen LogP contribution in [0.1, 0.15) is 33.6 Å². The van der Waals surface area contributed by atoms with E-state index in [1.54, 1.807) is 50.2 Å². The number of alkyl halides is 3. The molecule has 7 nitrogen and oxygen atoms in total. The Bertz CT molecular complexity index is 1690. The van der Waals surface area contributed by atoms with Gasteiger partial charge in [0.1, 0.15) is 6.54 Å². The average molecular weight is 583 g/mol. The average Bonchev–Trinajstić information content (AvgIpc) is 3.19. The number of hydrogen-bond donors (Lipinski definition) is 1. The molecule has 0 aliphatic carbocycles. The van der Waals surface area contributed by atoms with Gasteiger partial charge < -0.3 is 4.57 Å². The summed E-state index contributed by atoms with van der Waals surface area (Å²) in [5, 5.41) is 3.98. The van der Waals surface area contributed by atoms with Gasteiger partial charge in [-0.3, -0.25) is 9.10 Å². The molecule has 11 heteroatoms. The highest BCUT2D eigenvalue weighted by Crippen LogP contribution is 2.35. The van der Waals surface area contributed by atoms with Crippen molar-refractivity contribution in [1.29, 1.82) is 0 Å². The van der Waals surface area contributed by atoms with E-state index < -0.39 is 34.2 Å². The van der Waals surface area contributed by atoms with Gasteiger partial charge in [0.05, 0.1) is 28.0 Å². The van der Waals surface area contributed by atoms with Crippen molar-refractivity contribution in [3.05, 3.63) is 113 Å². The van der Waals surface area contributed by atoms with Gasteiger partial charge in [0.2, 0.25) is 0 Å². The Morgan fingerprint density at radius 1 is 0.927 bits per heavy atom. The summed E-state index contributed by atoms with van der Waals surface area (Å²) < 4.78 is 70.4. The summed E-state index contributed by atoms with van der Waals surface area (Å²) in [4.78, 5) is 13.0. The molecule has 0 saturated carbocycles. The van der Waals surface area contributed by atoms with Crippen molar-refractivity contribution >= 4 is 27.8 Å². The van der Waals surface area contributed by atoms with E-state index >= 15 is 0 Å². The van der Waals surface area contributed by atoms with Gasteiger partial charge in [-0.25, -0.2) is 13.8 Å². The predicted molar refractivity (Wildman–Crippen MR) is 153 cm³/mol. The molecule has 0 bridgehead atoms. The second-order valence-corrected chi connectivity index (χ2v) is 11.5. The molecule has 0 unspecified atom stereocenters. The van der Waals surface area contributed by atoms with Crippen molar-refractivity contribution in [2.45, 2.75) is 38.8 Å². The van der Waals surface area contributed by atoms with Gasteiger partial charge >= 0.3 is 6.18 Å². The Labute approximate surface area is 237 Å². The van der Waals surface area contributed by atoms with Gasteiger partial charge in [-0.05, 0) is 81.3 Å². The van der Waals surface area contributed by atoms with E-state index in [2.05, 4.69) is 10.5 Å². The van der Waals surface area contributed by atoms with Crippen molar-refractivity contribution in [2.75, 3.05) is 10.8 Å². The summed E-state index contributed by atoms with van der Waals surface area (Å²) >= 11 is 0. The zero-order chi connectivity index (χ0) is 29.9. The number of carbonyl (C=O) groups excluding carboxylic acids is 1. The first-order chi connectivity index (χ1) is 19.3. The second kappa shape index (κ2) is 11.6. The van der Waals surface area contributed by atoms with E-state index in [0.717, 1.165) is 21.5 Å². The SMILES string of the molecule is Cc1cc(C)cc(N(CC(=O)N/N=C\c2cc(C)n(-c3ccccc3C(F)(F)F)c2C)S(=O)(=O)c2ccccc2)c1. The number of halogens is 3. The Kier molecular flexibility index (Phi) is 8.39. The highest BCUT2D eigenvalue weighted by molar-refractivity contribution is 7.92. The molecule has 41 heavy (non-hydrogen) atoms. The van der Waals surface area contributed by atoms with Crippen molar-refractivity contribution in [3.63, 3.8) is 0 Å². The van der Waals surface area contributed by atoms with Crippen LogP contribution in [0.25, 0.3) is 5.69 Å². The Morgan fingerprint density at radius 2 is 1.54 bits per heavy atom. The lowest BCUT2D eigenvalue weighted by Gasteiger charge is -2.24. The first-order valence-corrected chi connectivity index (χ1v) is 14.1. The maximum atomic E-state index is 13.6. The first kappa shape index (κ1) is 29.6. The number of hydrogen-bond acceptors (Lipinski definition) is 4. The monoisotopic (exact) mass is 582 g/mol. The number of carbonyl (C=O) groups is 1. The lowest BCUT2D eigenvalue weighted by atomic mass is 10.1. The third kappa shape index (κ3) is 6.51. The molecule has 1 amide bonds. The number of benzene rings is 3. The third-order valence-electron chi connectivity index (χ3n) is 6.43. The van der Waals surface area contributed by atoms with Gasteiger partial charge in [-0.1, -0.05) is 36.4 Å². The molecule has 0 radical (unpaired) electrons. The fourth-order valence-electron chi connectivity index (χ4n) is 4.67. The number of sulfonamides is 1. The summed E-state index contributed by atoms with van der Waals surface area (Å²) in [5.41, 5.74) is 5.06. The summed E-state index contributed by atoms with van der Waals surface area (Å²) in [6.45, 7) is 6.44. The lowest BCUT2D eigenvalue weighted by molar-refractivity contribution is -0.137. The molecule has 0 fully saturated rings. The lowest BCUT2D eigenvalue weighted by Crippen LogP contribution is -2.39. The third-order valence-corrected chi connectivity index (χ3v) is 8.21. The van der Waals surface area contributed by atoms with Gasteiger partial charge in [-0.2, -0.15) is 18.3 Å². The van der Waals surface area contributed by atoms with Crippen LogP contribution in [0, 0.1) is 27.7 Å². The van der Waals surface area contributed by atoms with Crippen LogP contribution >= 0.6 is 0 Å². The van der Waals surface area contributed by atoms with Gasteiger partial charge in [0, 0.05) is 17.0 Å². The van der Waals surface area contributed by atoms with E-state index in [-0.39, 0.29) is 10.6 Å². The summed E-state index contributed by atoms with van der Waals surface area (Å²) in [6.07, 6.45) is -3.22. The summed E-state index contributed by atoms with van der Waals surface area (Å²) in [6, 6.07) is 20.0. The zero-order valence-corrected chi connectivity index (χ0v) is 23.7. The van der Waals surface area contributed by atoms with Gasteiger partial charge in [0.25, 0.3) is 15.9 Å². The molecule has 0 aliphatic rings. The number of aryl methyl sites for hydroxylation is 3. The van der Waals surface area contributed by atoms with Crippen molar-refractivity contribution in [2.24, 2.45) is 5.10 Å². The maximum absolute atomic E-state index is 13.6. The molecule has 0 saturated heterocycles. The van der Waals surface area contributed by atoms with Crippen LogP contribution in [0.2, 0.25) is 0 Å². The quantitative estimate of drug-likeness (QED) is 0.202. The number of amides is 1. The van der Waals surface area contributed by atoms with Crippen LogP contribution in [-0.2, 0) is 21.0 Å². The fraction of sp³-hybridized carbons (Fsp3) is 0.200. The molecular formula is C30H29F3N4O3S. The molecule has 1 aromatic heterocycles. The second-order valence-electron chi connectivity index (χ2n) is 9.64. The van der Waals surface area contributed by atoms with Gasteiger partial charge in [-0.15, -0.1) is 0 Å². The smallest absolute Gasteiger partial charge is 0.317 e. The van der Waals surface area contributed by atoms with Crippen LogP contribution in [-0.4, -0.2) is 31.7 Å². The highest BCUT2D eigenvalue weighted by atomic mass is 32.2. The van der Waals surface area contributed by atoms with E-state index in [4.69, 9.17) is 0 Å². The molecule has 0 aliphatic heterocycles. The van der Waals surface area contributed by atoms with Crippen LogP contribution < -0.4 is 9.73 Å². The van der Waals surface area contributed by atoms with Crippen LogP contribution in [0.4, 0.5) is 18.9 Å². The predicted octanol–water partition coefficient (Wildman–Crippen LogP) is 6.08. The van der Waals surface area contributed by atoms with Crippen LogP contribution in [0.15, 0.2) is 88.9 Å². The molecular weight excluding hydrogens is 553 g/mol. The highest BCUT2D eigenvalue weighted by Gasteiger charge is 2.34. The minimum atomic E-state index is -4.54. The Balaban J connectivity index is 1.59. The Hall–Kier alpha value is -4.38. The summed E-state index contributed by atoms with van der Waals surface area (Å²) in [7, 11) is -4.09. The van der Waals surface area contributed by atoms with Crippen LogP contribution in [0.3, 0.4) is 0 Å². The van der Waals surface area contributed by atoms with E-state index in [1.165, 1.54) is 41.1 Å². The van der Waals surface area contributed by atoms with E-state index in [1.807, 2.05) is 19.9 Å². The molecule has 214 valence electrons. The summed E-state index contributed by atoms with van der Waals surface area (Å²) in [5.74, 6) is -0.698. The molecule has 3 aromatic carbocycles. The molecule has 0 atom stereocenters. The van der Waals surface area contributed by atoms with Crippen molar-refractivity contribution < 1.29 is 26.4 Å². The number of nitrogens with one attached hydrogen (secondary N) is 1. The molecule has 0 spiro atoms.